The minimum Gasteiger partial charge on any atom is -0.394 e. The Kier molecular flexibility index (Phi) is 4.63. The molecular formula is C12H18N2O4. The van der Waals surface area contributed by atoms with Crippen molar-refractivity contribution in [2.24, 2.45) is 0 Å². The topological polar surface area (TPSA) is 86.8 Å². The van der Waals surface area contributed by atoms with Gasteiger partial charge >= 0.3 is 0 Å². The van der Waals surface area contributed by atoms with Crippen LogP contribution in [0.5, 0.6) is 0 Å². The third kappa shape index (κ3) is 2.96. The lowest BCUT2D eigenvalue weighted by Crippen LogP contribution is -2.32. The first-order valence-corrected chi connectivity index (χ1v) is 5.68. The van der Waals surface area contributed by atoms with E-state index in [-0.39, 0.29) is 18.3 Å². The van der Waals surface area contributed by atoms with E-state index in [1.807, 2.05) is 0 Å². The molecule has 0 amide bonds. The zero-order chi connectivity index (χ0) is 13.9. The van der Waals surface area contributed by atoms with Crippen molar-refractivity contribution in [2.75, 3.05) is 18.6 Å². The summed E-state index contributed by atoms with van der Waals surface area (Å²) >= 11 is 0. The monoisotopic (exact) mass is 254 g/mol. The van der Waals surface area contributed by atoms with E-state index in [0.717, 1.165) is 0 Å². The summed E-state index contributed by atoms with van der Waals surface area (Å²) in [6, 6.07) is 4.38. The van der Waals surface area contributed by atoms with Gasteiger partial charge in [-0.1, -0.05) is 6.07 Å². The molecule has 0 aliphatic heterocycles. The highest BCUT2D eigenvalue weighted by molar-refractivity contribution is 5.64. The van der Waals surface area contributed by atoms with Crippen LogP contribution in [0.15, 0.2) is 18.2 Å². The highest BCUT2D eigenvalue weighted by Crippen LogP contribution is 2.31. The number of benzene rings is 1. The van der Waals surface area contributed by atoms with Crippen molar-refractivity contribution in [2.45, 2.75) is 26.0 Å². The number of hydrogen-bond acceptors (Lipinski definition) is 5. The Balaban J connectivity index is 3.23. The predicted molar refractivity (Wildman–Crippen MR) is 68.7 cm³/mol. The molecule has 18 heavy (non-hydrogen) atoms. The van der Waals surface area contributed by atoms with Crippen LogP contribution in [0.1, 0.15) is 25.5 Å². The molecule has 0 fully saturated rings. The van der Waals surface area contributed by atoms with Gasteiger partial charge in [-0.15, -0.1) is 0 Å². The van der Waals surface area contributed by atoms with Gasteiger partial charge in [-0.05, 0) is 25.5 Å². The summed E-state index contributed by atoms with van der Waals surface area (Å²) in [5.74, 6) is 0. The van der Waals surface area contributed by atoms with Gasteiger partial charge in [0.2, 0.25) is 0 Å². The number of hydrogen-bond donors (Lipinski definition) is 2. The number of nitro benzene ring substituents is 1. The van der Waals surface area contributed by atoms with E-state index in [2.05, 4.69) is 0 Å². The number of rotatable bonds is 5. The molecule has 0 aliphatic carbocycles. The van der Waals surface area contributed by atoms with Crippen LogP contribution in [0.2, 0.25) is 0 Å². The average Bonchev–Trinajstić information content (AvgIpc) is 2.35. The molecule has 0 spiro atoms. The summed E-state index contributed by atoms with van der Waals surface area (Å²) in [5, 5.41) is 29.6. The van der Waals surface area contributed by atoms with Gasteiger partial charge in [0, 0.05) is 19.2 Å². The molecule has 2 atom stereocenters. The smallest absolute Gasteiger partial charge is 0.292 e. The molecule has 0 radical (unpaired) electrons. The Bertz CT molecular complexity index is 434. The zero-order valence-electron chi connectivity index (χ0n) is 10.7. The summed E-state index contributed by atoms with van der Waals surface area (Å²) in [7, 11) is 1.69. The number of aliphatic hydroxyl groups is 2. The standard InChI is InChI=1S/C12H18N2O4/c1-8(7-15)13(3)11-5-4-10(9(2)16)6-12(11)14(17)18/h4-6,8-9,15-16H,7H2,1-3H3/t8?,9-/m0/s1. The highest BCUT2D eigenvalue weighted by Gasteiger charge is 2.21. The fraction of sp³-hybridized carbons (Fsp3) is 0.500. The van der Waals surface area contributed by atoms with Crippen molar-refractivity contribution in [3.63, 3.8) is 0 Å². The molecule has 6 nitrogen and oxygen atoms in total. The number of aliphatic hydroxyl groups excluding tert-OH is 2. The maximum atomic E-state index is 11.0. The average molecular weight is 254 g/mol. The fourth-order valence-corrected chi connectivity index (χ4v) is 1.60. The lowest BCUT2D eigenvalue weighted by Gasteiger charge is -2.25. The van der Waals surface area contributed by atoms with Crippen molar-refractivity contribution in [3.05, 3.63) is 33.9 Å². The first-order chi connectivity index (χ1) is 8.38. The van der Waals surface area contributed by atoms with Crippen molar-refractivity contribution >= 4 is 11.4 Å². The Morgan fingerprint density at radius 3 is 2.50 bits per heavy atom. The van der Waals surface area contributed by atoms with Gasteiger partial charge in [0.05, 0.1) is 17.6 Å². The highest BCUT2D eigenvalue weighted by atomic mass is 16.6. The molecule has 1 aromatic carbocycles. The fourth-order valence-electron chi connectivity index (χ4n) is 1.60. The van der Waals surface area contributed by atoms with Crippen LogP contribution in [0.4, 0.5) is 11.4 Å². The van der Waals surface area contributed by atoms with E-state index in [1.165, 1.54) is 6.07 Å². The second kappa shape index (κ2) is 5.79. The molecule has 0 aliphatic rings. The van der Waals surface area contributed by atoms with Gasteiger partial charge in [0.25, 0.3) is 5.69 Å². The van der Waals surface area contributed by atoms with Crippen LogP contribution in [-0.4, -0.2) is 34.8 Å². The number of nitrogens with zero attached hydrogens (tertiary/aromatic N) is 2. The second-order valence-corrected chi connectivity index (χ2v) is 4.32. The van der Waals surface area contributed by atoms with Gasteiger partial charge < -0.3 is 15.1 Å². The van der Waals surface area contributed by atoms with Gasteiger partial charge in [-0.3, -0.25) is 10.1 Å². The lowest BCUT2D eigenvalue weighted by molar-refractivity contribution is -0.384. The lowest BCUT2D eigenvalue weighted by atomic mass is 10.1. The molecule has 0 saturated carbocycles. The van der Waals surface area contributed by atoms with E-state index >= 15 is 0 Å². The van der Waals surface area contributed by atoms with Crippen LogP contribution in [0.25, 0.3) is 0 Å². The number of anilines is 1. The van der Waals surface area contributed by atoms with Crippen LogP contribution < -0.4 is 4.90 Å². The maximum Gasteiger partial charge on any atom is 0.292 e. The van der Waals surface area contributed by atoms with Crippen LogP contribution in [0, 0.1) is 10.1 Å². The normalized spacial score (nSPS) is 14.1. The third-order valence-corrected chi connectivity index (χ3v) is 2.98. The van der Waals surface area contributed by atoms with Crippen molar-refractivity contribution in [3.8, 4) is 0 Å². The minimum atomic E-state index is -0.752. The predicted octanol–water partition coefficient (Wildman–Crippen LogP) is 1.47. The van der Waals surface area contributed by atoms with E-state index in [0.29, 0.717) is 11.3 Å². The van der Waals surface area contributed by atoms with Gasteiger partial charge in [0.1, 0.15) is 5.69 Å². The summed E-state index contributed by atoms with van der Waals surface area (Å²) in [6.07, 6.45) is -0.752. The SMILES string of the molecule is CC(CO)N(C)c1ccc([C@H](C)O)cc1[N+](=O)[O-]. The molecule has 0 bridgehead atoms. The molecule has 6 heteroatoms. The molecule has 1 unspecified atom stereocenters. The van der Waals surface area contributed by atoms with Crippen molar-refractivity contribution in [1.82, 2.24) is 0 Å². The van der Waals surface area contributed by atoms with Gasteiger partial charge in [0.15, 0.2) is 0 Å². The van der Waals surface area contributed by atoms with E-state index in [1.54, 1.807) is 37.9 Å². The van der Waals surface area contributed by atoms with Crippen molar-refractivity contribution < 1.29 is 15.1 Å². The molecular weight excluding hydrogens is 236 g/mol. The number of nitro groups is 1. The van der Waals surface area contributed by atoms with Crippen LogP contribution in [-0.2, 0) is 0 Å². The van der Waals surface area contributed by atoms with Gasteiger partial charge in [-0.2, -0.15) is 0 Å². The Morgan fingerprint density at radius 1 is 1.44 bits per heavy atom. The van der Waals surface area contributed by atoms with Crippen molar-refractivity contribution in [1.29, 1.82) is 0 Å². The largest absolute Gasteiger partial charge is 0.394 e. The molecule has 1 rings (SSSR count). The summed E-state index contributed by atoms with van der Waals surface area (Å²) in [4.78, 5) is 12.2. The molecule has 1 aromatic rings. The van der Waals surface area contributed by atoms with Crippen LogP contribution >= 0.6 is 0 Å². The van der Waals surface area contributed by atoms with E-state index in [4.69, 9.17) is 5.11 Å². The summed E-state index contributed by atoms with van der Waals surface area (Å²) < 4.78 is 0. The Labute approximate surface area is 106 Å². The number of likely N-dealkylation sites (N-methyl/N-ethyl adjacent to an activating group) is 1. The van der Waals surface area contributed by atoms with E-state index < -0.39 is 11.0 Å². The maximum absolute atomic E-state index is 11.0. The first kappa shape index (κ1) is 14.4. The minimum absolute atomic E-state index is 0.0730. The molecule has 2 N–H and O–H groups in total. The quantitative estimate of drug-likeness (QED) is 0.613. The second-order valence-electron chi connectivity index (χ2n) is 4.32. The Hall–Kier alpha value is -1.66. The summed E-state index contributed by atoms with van der Waals surface area (Å²) in [5.41, 5.74) is 0.845. The summed E-state index contributed by atoms with van der Waals surface area (Å²) in [6.45, 7) is 3.23. The Morgan fingerprint density at radius 2 is 2.06 bits per heavy atom. The first-order valence-electron chi connectivity index (χ1n) is 5.68. The third-order valence-electron chi connectivity index (χ3n) is 2.98. The van der Waals surface area contributed by atoms with Gasteiger partial charge in [-0.25, -0.2) is 0 Å². The van der Waals surface area contributed by atoms with E-state index in [9.17, 15) is 15.2 Å². The molecule has 100 valence electrons. The zero-order valence-corrected chi connectivity index (χ0v) is 10.7. The van der Waals surface area contributed by atoms with Crippen LogP contribution in [0.3, 0.4) is 0 Å². The molecule has 0 saturated heterocycles. The molecule has 0 aromatic heterocycles. The molecule has 0 heterocycles.